The van der Waals surface area contributed by atoms with Crippen molar-refractivity contribution in [1.29, 1.82) is 0 Å². The predicted octanol–water partition coefficient (Wildman–Crippen LogP) is 1.89. The number of nitrogens with zero attached hydrogens (tertiary/aromatic N) is 2. The van der Waals surface area contributed by atoms with Crippen LogP contribution in [0.25, 0.3) is 11.4 Å². The highest BCUT2D eigenvalue weighted by molar-refractivity contribution is 9.10. The van der Waals surface area contributed by atoms with Crippen molar-refractivity contribution < 1.29 is 14.4 Å². The molecule has 1 heterocycles. The number of halogens is 1. The molecule has 0 saturated heterocycles. The first kappa shape index (κ1) is 14.0. The molecule has 0 radical (unpaired) electrons. The number of hydrogen-bond acceptors (Lipinski definition) is 6. The Hall–Kier alpha value is -1.44. The largest absolute Gasteiger partial charge is 0.496 e. The molecule has 0 aliphatic heterocycles. The van der Waals surface area contributed by atoms with Crippen molar-refractivity contribution >= 4 is 15.9 Å². The molecule has 2 rings (SSSR count). The van der Waals surface area contributed by atoms with Crippen LogP contribution < -0.4 is 10.5 Å². The van der Waals surface area contributed by atoms with Crippen LogP contribution in [0.2, 0.25) is 0 Å². The molecule has 7 heteroatoms. The Bertz CT molecular complexity index is 559. The molecular weight excluding hydrogens is 314 g/mol. The molecule has 0 fully saturated rings. The summed E-state index contributed by atoms with van der Waals surface area (Å²) in [4.78, 5) is 4.15. The van der Waals surface area contributed by atoms with E-state index in [0.29, 0.717) is 18.8 Å². The van der Waals surface area contributed by atoms with Crippen LogP contribution in [0.1, 0.15) is 18.4 Å². The second-order valence-corrected chi connectivity index (χ2v) is 4.75. The van der Waals surface area contributed by atoms with Gasteiger partial charge in [0.15, 0.2) is 0 Å². The average Bonchev–Trinajstić information content (AvgIpc) is 2.88. The van der Waals surface area contributed by atoms with Crippen LogP contribution in [-0.2, 0) is 0 Å². The van der Waals surface area contributed by atoms with Gasteiger partial charge in [-0.05, 0) is 47.1 Å². The number of rotatable bonds is 5. The number of hydrogen-bond donors (Lipinski definition) is 2. The number of aliphatic hydroxyl groups is 1. The second-order valence-electron chi connectivity index (χ2n) is 3.90. The van der Waals surface area contributed by atoms with Crippen LogP contribution in [0.4, 0.5) is 0 Å². The van der Waals surface area contributed by atoms with Crippen LogP contribution in [-0.4, -0.2) is 28.9 Å². The van der Waals surface area contributed by atoms with Crippen molar-refractivity contribution in [3.05, 3.63) is 28.6 Å². The standard InChI is InChI=1S/C12H14BrN3O3/c1-18-10-3-2-7(6-8(10)13)11-15-12(19-16-11)9(17)4-5-14/h2-3,6,9,17H,4-5,14H2,1H3/t9-/m0/s1. The Morgan fingerprint density at radius 3 is 2.95 bits per heavy atom. The molecule has 6 nitrogen and oxygen atoms in total. The van der Waals surface area contributed by atoms with Crippen LogP contribution in [0.5, 0.6) is 5.75 Å². The zero-order chi connectivity index (χ0) is 13.8. The first-order valence-electron chi connectivity index (χ1n) is 5.71. The highest BCUT2D eigenvalue weighted by atomic mass is 79.9. The number of ether oxygens (including phenoxy) is 1. The predicted molar refractivity (Wildman–Crippen MR) is 72.6 cm³/mol. The van der Waals surface area contributed by atoms with Gasteiger partial charge in [0.1, 0.15) is 11.9 Å². The number of nitrogens with two attached hydrogens (primary N) is 1. The molecular formula is C12H14BrN3O3. The molecule has 1 aromatic carbocycles. The maximum absolute atomic E-state index is 9.71. The molecule has 102 valence electrons. The molecule has 0 amide bonds. The van der Waals surface area contributed by atoms with E-state index in [1.54, 1.807) is 13.2 Å². The fraction of sp³-hybridized carbons (Fsp3) is 0.333. The van der Waals surface area contributed by atoms with Crippen molar-refractivity contribution in [2.75, 3.05) is 13.7 Å². The summed E-state index contributed by atoms with van der Waals surface area (Å²) in [6.07, 6.45) is -0.443. The van der Waals surface area contributed by atoms with Crippen LogP contribution >= 0.6 is 15.9 Å². The van der Waals surface area contributed by atoms with E-state index in [4.69, 9.17) is 15.0 Å². The summed E-state index contributed by atoms with van der Waals surface area (Å²) in [5.41, 5.74) is 6.13. The zero-order valence-electron chi connectivity index (χ0n) is 10.3. The SMILES string of the molecule is COc1ccc(-c2noc([C@@H](O)CCN)n2)cc1Br. The van der Waals surface area contributed by atoms with Gasteiger partial charge in [0.05, 0.1) is 11.6 Å². The minimum Gasteiger partial charge on any atom is -0.496 e. The Labute approximate surface area is 118 Å². The van der Waals surface area contributed by atoms with Crippen molar-refractivity contribution in [3.63, 3.8) is 0 Å². The van der Waals surface area contributed by atoms with E-state index >= 15 is 0 Å². The molecule has 1 atom stereocenters. The fourth-order valence-electron chi connectivity index (χ4n) is 1.57. The molecule has 0 unspecified atom stereocenters. The lowest BCUT2D eigenvalue weighted by Crippen LogP contribution is -2.06. The van der Waals surface area contributed by atoms with E-state index < -0.39 is 6.10 Å². The number of aliphatic hydroxyl groups excluding tert-OH is 1. The normalized spacial score (nSPS) is 12.4. The molecule has 19 heavy (non-hydrogen) atoms. The molecule has 2 aromatic rings. The summed E-state index contributed by atoms with van der Waals surface area (Å²) in [6, 6.07) is 5.43. The van der Waals surface area contributed by atoms with Crippen molar-refractivity contribution in [1.82, 2.24) is 10.1 Å². The van der Waals surface area contributed by atoms with Gasteiger partial charge in [0.2, 0.25) is 5.82 Å². The van der Waals surface area contributed by atoms with Gasteiger partial charge in [-0.15, -0.1) is 0 Å². The Morgan fingerprint density at radius 1 is 1.53 bits per heavy atom. The summed E-state index contributed by atoms with van der Waals surface area (Å²) in [5.74, 6) is 1.30. The van der Waals surface area contributed by atoms with Gasteiger partial charge in [0.25, 0.3) is 5.89 Å². The van der Waals surface area contributed by atoms with Crippen molar-refractivity contribution in [3.8, 4) is 17.1 Å². The summed E-state index contributed by atoms with van der Waals surface area (Å²) < 4.78 is 11.0. The molecule has 3 N–H and O–H groups in total. The van der Waals surface area contributed by atoms with Gasteiger partial charge < -0.3 is 20.1 Å². The highest BCUT2D eigenvalue weighted by Gasteiger charge is 2.16. The van der Waals surface area contributed by atoms with E-state index in [1.807, 2.05) is 12.1 Å². The van der Waals surface area contributed by atoms with E-state index in [9.17, 15) is 5.11 Å². The monoisotopic (exact) mass is 327 g/mol. The number of aromatic nitrogens is 2. The Kier molecular flexibility index (Phi) is 4.52. The molecule has 1 aromatic heterocycles. The molecule has 0 spiro atoms. The summed E-state index contributed by atoms with van der Waals surface area (Å²) >= 11 is 3.39. The summed E-state index contributed by atoms with van der Waals surface area (Å²) in [6.45, 7) is 0.354. The van der Waals surface area contributed by atoms with Crippen molar-refractivity contribution in [2.45, 2.75) is 12.5 Å². The topological polar surface area (TPSA) is 94.4 Å². The summed E-state index contributed by atoms with van der Waals surface area (Å²) in [7, 11) is 1.59. The van der Waals surface area contributed by atoms with Crippen LogP contribution in [0, 0.1) is 0 Å². The molecule has 0 bridgehead atoms. The molecule has 0 aliphatic rings. The lowest BCUT2D eigenvalue weighted by Gasteiger charge is -2.03. The highest BCUT2D eigenvalue weighted by Crippen LogP contribution is 2.29. The third-order valence-electron chi connectivity index (χ3n) is 2.58. The minimum atomic E-state index is -0.826. The smallest absolute Gasteiger partial charge is 0.255 e. The van der Waals surface area contributed by atoms with Gasteiger partial charge in [0, 0.05) is 5.56 Å². The molecule has 0 saturated carbocycles. The van der Waals surface area contributed by atoms with E-state index in [1.165, 1.54) is 0 Å². The maximum atomic E-state index is 9.71. The van der Waals surface area contributed by atoms with Gasteiger partial charge in [-0.1, -0.05) is 5.16 Å². The number of methoxy groups -OCH3 is 1. The van der Waals surface area contributed by atoms with Crippen LogP contribution in [0.3, 0.4) is 0 Å². The van der Waals surface area contributed by atoms with E-state index in [0.717, 1.165) is 15.8 Å². The second kappa shape index (κ2) is 6.14. The lowest BCUT2D eigenvalue weighted by molar-refractivity contribution is 0.127. The van der Waals surface area contributed by atoms with Crippen molar-refractivity contribution in [2.24, 2.45) is 5.73 Å². The van der Waals surface area contributed by atoms with Gasteiger partial charge in [-0.25, -0.2) is 0 Å². The lowest BCUT2D eigenvalue weighted by atomic mass is 10.2. The third kappa shape index (κ3) is 3.12. The summed E-state index contributed by atoms with van der Waals surface area (Å²) in [5, 5.41) is 13.5. The number of benzene rings is 1. The first-order valence-corrected chi connectivity index (χ1v) is 6.50. The van der Waals surface area contributed by atoms with E-state index in [-0.39, 0.29) is 5.89 Å². The maximum Gasteiger partial charge on any atom is 0.255 e. The first-order chi connectivity index (χ1) is 9.15. The van der Waals surface area contributed by atoms with Gasteiger partial charge >= 0.3 is 0 Å². The van der Waals surface area contributed by atoms with Crippen LogP contribution in [0.15, 0.2) is 27.2 Å². The fourth-order valence-corrected chi connectivity index (χ4v) is 2.12. The quantitative estimate of drug-likeness (QED) is 0.870. The van der Waals surface area contributed by atoms with Gasteiger partial charge in [-0.3, -0.25) is 0 Å². The minimum absolute atomic E-state index is 0.174. The molecule has 0 aliphatic carbocycles. The Morgan fingerprint density at radius 2 is 2.32 bits per heavy atom. The average molecular weight is 328 g/mol. The third-order valence-corrected chi connectivity index (χ3v) is 3.20. The van der Waals surface area contributed by atoms with E-state index in [2.05, 4.69) is 26.1 Å². The Balaban J connectivity index is 2.25. The zero-order valence-corrected chi connectivity index (χ0v) is 11.9. The van der Waals surface area contributed by atoms with Gasteiger partial charge in [-0.2, -0.15) is 4.98 Å².